The van der Waals surface area contributed by atoms with E-state index < -0.39 is 0 Å². The van der Waals surface area contributed by atoms with E-state index in [2.05, 4.69) is 10.6 Å². The zero-order chi connectivity index (χ0) is 15.9. The number of piperidine rings is 1. The van der Waals surface area contributed by atoms with Crippen LogP contribution in [0.15, 0.2) is 18.2 Å². The number of halogens is 1. The van der Waals surface area contributed by atoms with Crippen molar-refractivity contribution >= 4 is 23.2 Å². The zero-order valence-corrected chi connectivity index (χ0v) is 13.9. The third-order valence-electron chi connectivity index (χ3n) is 3.66. The summed E-state index contributed by atoms with van der Waals surface area (Å²) in [5, 5.41) is 6.68. The highest BCUT2D eigenvalue weighted by Gasteiger charge is 2.21. The van der Waals surface area contributed by atoms with Gasteiger partial charge in [-0.15, -0.1) is 0 Å². The minimum absolute atomic E-state index is 0.0311. The van der Waals surface area contributed by atoms with Gasteiger partial charge in [0.1, 0.15) is 12.4 Å². The Kier molecular flexibility index (Phi) is 6.49. The number of nitrogens with zero attached hydrogens (tertiary/aromatic N) is 1. The van der Waals surface area contributed by atoms with Gasteiger partial charge in [-0.3, -0.25) is 4.79 Å². The third-order valence-corrected chi connectivity index (χ3v) is 3.96. The van der Waals surface area contributed by atoms with Gasteiger partial charge in [0.15, 0.2) is 0 Å². The molecule has 2 N–H and O–H groups in total. The van der Waals surface area contributed by atoms with Crippen LogP contribution < -0.4 is 15.4 Å². The first-order valence-electron chi connectivity index (χ1n) is 7.65. The molecule has 1 aromatic rings. The molecule has 6 heteroatoms. The van der Waals surface area contributed by atoms with Crippen LogP contribution >= 0.6 is 11.6 Å². The number of carbonyl (C=O) groups excluding carboxylic acids is 1. The van der Waals surface area contributed by atoms with Crippen LogP contribution in [0.25, 0.3) is 0 Å². The minimum atomic E-state index is 0.0311. The maximum Gasteiger partial charge on any atom is 0.228 e. The van der Waals surface area contributed by atoms with Crippen LogP contribution in [0.1, 0.15) is 12.8 Å². The van der Waals surface area contributed by atoms with E-state index in [0.29, 0.717) is 23.1 Å². The molecule has 2 rings (SSSR count). The van der Waals surface area contributed by atoms with Crippen molar-refractivity contribution in [1.82, 2.24) is 10.2 Å². The molecule has 1 amide bonds. The number of benzene rings is 1. The fraction of sp³-hybridized carbons (Fsp3) is 0.562. The Morgan fingerprint density at radius 1 is 1.50 bits per heavy atom. The molecule has 0 radical (unpaired) electrons. The summed E-state index contributed by atoms with van der Waals surface area (Å²) in [6.45, 7) is 3.13. The number of carbonyl (C=O) groups is 1. The third kappa shape index (κ3) is 5.16. The predicted molar refractivity (Wildman–Crippen MR) is 89.7 cm³/mol. The first-order valence-corrected chi connectivity index (χ1v) is 8.02. The summed E-state index contributed by atoms with van der Waals surface area (Å²) in [4.78, 5) is 14.2. The Hall–Kier alpha value is -1.30. The first kappa shape index (κ1) is 17.1. The van der Waals surface area contributed by atoms with Crippen LogP contribution in [0.2, 0.25) is 5.02 Å². The number of nitrogens with one attached hydrogen (secondary N) is 2. The van der Waals surface area contributed by atoms with Crippen molar-refractivity contribution in [3.05, 3.63) is 23.2 Å². The summed E-state index contributed by atoms with van der Waals surface area (Å²) in [6, 6.07) is 5.36. The molecule has 0 aliphatic carbocycles. The Balaban J connectivity index is 1.89. The van der Waals surface area contributed by atoms with E-state index in [-0.39, 0.29) is 11.8 Å². The highest BCUT2D eigenvalue weighted by atomic mass is 35.5. The van der Waals surface area contributed by atoms with E-state index in [1.807, 2.05) is 25.1 Å². The summed E-state index contributed by atoms with van der Waals surface area (Å²) >= 11 is 6.21. The molecule has 0 saturated carbocycles. The quantitative estimate of drug-likeness (QED) is 0.842. The molecule has 1 unspecified atom stereocenters. The predicted octanol–water partition coefficient (Wildman–Crippen LogP) is 2.22. The van der Waals surface area contributed by atoms with E-state index in [1.165, 1.54) is 0 Å². The van der Waals surface area contributed by atoms with E-state index in [4.69, 9.17) is 16.3 Å². The molecule has 1 atom stereocenters. The van der Waals surface area contributed by atoms with E-state index >= 15 is 0 Å². The monoisotopic (exact) mass is 325 g/mol. The molecular weight excluding hydrogens is 302 g/mol. The lowest BCUT2D eigenvalue weighted by molar-refractivity contribution is -0.120. The second-order valence-corrected chi connectivity index (χ2v) is 6.24. The summed E-state index contributed by atoms with van der Waals surface area (Å²) < 4.78 is 5.63. The van der Waals surface area contributed by atoms with E-state index in [9.17, 15) is 4.79 Å². The van der Waals surface area contributed by atoms with Crippen molar-refractivity contribution in [1.29, 1.82) is 0 Å². The summed E-state index contributed by atoms with van der Waals surface area (Å²) in [7, 11) is 3.98. The highest BCUT2D eigenvalue weighted by Crippen LogP contribution is 2.28. The number of likely N-dealkylation sites (N-methyl/N-ethyl adjacent to an activating group) is 1. The van der Waals surface area contributed by atoms with Crippen molar-refractivity contribution < 1.29 is 9.53 Å². The number of ether oxygens (including phenoxy) is 1. The van der Waals surface area contributed by atoms with Crippen LogP contribution in [0.4, 0.5) is 5.69 Å². The normalized spacial score (nSPS) is 18.3. The molecule has 0 bridgehead atoms. The maximum atomic E-state index is 12.2. The molecule has 1 heterocycles. The van der Waals surface area contributed by atoms with Crippen molar-refractivity contribution in [2.75, 3.05) is 45.7 Å². The second kappa shape index (κ2) is 8.36. The van der Waals surface area contributed by atoms with Crippen molar-refractivity contribution in [2.24, 2.45) is 5.92 Å². The molecule has 0 spiro atoms. The standard InChI is InChI=1S/C16H24ClN3O2/c1-20(2)8-9-22-15-6-5-13(10-14(15)17)19-16(21)12-4-3-7-18-11-12/h5-6,10,12,18H,3-4,7-9,11H2,1-2H3,(H,19,21). The Bertz CT molecular complexity index is 502. The minimum Gasteiger partial charge on any atom is -0.491 e. The smallest absolute Gasteiger partial charge is 0.228 e. The molecule has 22 heavy (non-hydrogen) atoms. The number of anilines is 1. The average Bonchev–Trinajstić information content (AvgIpc) is 2.50. The lowest BCUT2D eigenvalue weighted by atomic mass is 9.99. The number of hydrogen-bond acceptors (Lipinski definition) is 4. The van der Waals surface area contributed by atoms with Gasteiger partial charge in [0.05, 0.1) is 10.9 Å². The zero-order valence-electron chi connectivity index (χ0n) is 13.2. The van der Waals surface area contributed by atoms with Crippen molar-refractivity contribution in [2.45, 2.75) is 12.8 Å². The van der Waals surface area contributed by atoms with Gasteiger partial charge in [-0.25, -0.2) is 0 Å². The van der Waals surface area contributed by atoms with Gasteiger partial charge in [-0.1, -0.05) is 11.6 Å². The van der Waals surface area contributed by atoms with Crippen LogP contribution in [-0.2, 0) is 4.79 Å². The van der Waals surface area contributed by atoms with E-state index in [0.717, 1.165) is 32.5 Å². The topological polar surface area (TPSA) is 53.6 Å². The second-order valence-electron chi connectivity index (χ2n) is 5.83. The Morgan fingerprint density at radius 3 is 2.95 bits per heavy atom. The molecule has 1 aliphatic rings. The lowest BCUT2D eigenvalue weighted by Crippen LogP contribution is -2.37. The first-order chi connectivity index (χ1) is 10.6. The molecule has 1 saturated heterocycles. The van der Waals surface area contributed by atoms with Crippen molar-refractivity contribution in [3.63, 3.8) is 0 Å². The largest absolute Gasteiger partial charge is 0.491 e. The van der Waals surface area contributed by atoms with Gasteiger partial charge >= 0.3 is 0 Å². The molecule has 5 nitrogen and oxygen atoms in total. The summed E-state index contributed by atoms with van der Waals surface area (Å²) in [6.07, 6.45) is 1.97. The highest BCUT2D eigenvalue weighted by molar-refractivity contribution is 6.32. The van der Waals surface area contributed by atoms with Gasteiger partial charge in [0.25, 0.3) is 0 Å². The van der Waals surface area contributed by atoms with Crippen LogP contribution in [0.5, 0.6) is 5.75 Å². The lowest BCUT2D eigenvalue weighted by Gasteiger charge is -2.22. The van der Waals surface area contributed by atoms with Gasteiger partial charge in [-0.2, -0.15) is 0 Å². The molecule has 1 fully saturated rings. The Morgan fingerprint density at radius 2 is 2.32 bits per heavy atom. The van der Waals surface area contributed by atoms with Crippen LogP contribution in [0, 0.1) is 5.92 Å². The summed E-state index contributed by atoms with van der Waals surface area (Å²) in [5.41, 5.74) is 0.709. The van der Waals surface area contributed by atoms with Gasteiger partial charge in [0.2, 0.25) is 5.91 Å². The molecular formula is C16H24ClN3O2. The number of hydrogen-bond donors (Lipinski definition) is 2. The van der Waals surface area contributed by atoms with E-state index in [1.54, 1.807) is 12.1 Å². The average molecular weight is 326 g/mol. The Labute approximate surface area is 137 Å². The number of amides is 1. The number of rotatable bonds is 6. The van der Waals surface area contributed by atoms with Crippen molar-refractivity contribution in [3.8, 4) is 5.75 Å². The van der Waals surface area contributed by atoms with Gasteiger partial charge in [0, 0.05) is 18.8 Å². The molecule has 1 aliphatic heterocycles. The van der Waals surface area contributed by atoms with Crippen LogP contribution in [0.3, 0.4) is 0 Å². The van der Waals surface area contributed by atoms with Crippen LogP contribution in [-0.4, -0.2) is 51.1 Å². The molecule has 0 aromatic heterocycles. The fourth-order valence-corrected chi connectivity index (χ4v) is 2.59. The SMILES string of the molecule is CN(C)CCOc1ccc(NC(=O)C2CCCNC2)cc1Cl. The van der Waals surface area contributed by atoms with Gasteiger partial charge < -0.3 is 20.3 Å². The summed E-state index contributed by atoms with van der Waals surface area (Å²) in [5.74, 6) is 0.717. The maximum absolute atomic E-state index is 12.2. The van der Waals surface area contributed by atoms with Gasteiger partial charge in [-0.05, 0) is 51.7 Å². The fourth-order valence-electron chi connectivity index (χ4n) is 2.35. The molecule has 1 aromatic carbocycles. The molecule has 122 valence electrons.